The minimum Gasteiger partial charge on any atom is -0.489 e. The zero-order chi connectivity index (χ0) is 19.6. The van der Waals surface area contributed by atoms with E-state index in [1.807, 2.05) is 13.8 Å². The van der Waals surface area contributed by atoms with Gasteiger partial charge < -0.3 is 10.1 Å². The van der Waals surface area contributed by atoms with Crippen LogP contribution in [0, 0.1) is 0 Å². The number of ether oxygens (including phenoxy) is 1. The number of hydrogen-bond donors (Lipinski definition) is 1. The van der Waals surface area contributed by atoms with Gasteiger partial charge in [-0.1, -0.05) is 17.7 Å². The number of hydrogen-bond acceptors (Lipinski definition) is 4. The molecule has 2 aromatic rings. The second-order valence-electron chi connectivity index (χ2n) is 6.56. The fourth-order valence-corrected chi connectivity index (χ4v) is 4.64. The summed E-state index contributed by atoms with van der Waals surface area (Å²) in [5, 5.41) is 3.17. The first-order chi connectivity index (χ1) is 12.8. The second kappa shape index (κ2) is 7.78. The number of anilines is 2. The minimum absolute atomic E-state index is 0.00690. The van der Waals surface area contributed by atoms with E-state index in [0.29, 0.717) is 40.7 Å². The van der Waals surface area contributed by atoms with Crippen LogP contribution in [0.4, 0.5) is 11.4 Å². The van der Waals surface area contributed by atoms with Crippen LogP contribution >= 0.6 is 11.6 Å². The van der Waals surface area contributed by atoms with Crippen LogP contribution in [-0.4, -0.2) is 32.7 Å². The van der Waals surface area contributed by atoms with Gasteiger partial charge in [-0.05, 0) is 56.7 Å². The topological polar surface area (TPSA) is 75.7 Å². The molecule has 1 heterocycles. The summed E-state index contributed by atoms with van der Waals surface area (Å²) in [7, 11) is -3.29. The van der Waals surface area contributed by atoms with Gasteiger partial charge in [0.15, 0.2) is 0 Å². The van der Waals surface area contributed by atoms with Crippen molar-refractivity contribution in [2.24, 2.45) is 0 Å². The van der Waals surface area contributed by atoms with Crippen LogP contribution < -0.4 is 14.4 Å². The molecule has 0 saturated carbocycles. The van der Waals surface area contributed by atoms with Gasteiger partial charge in [-0.15, -0.1) is 0 Å². The summed E-state index contributed by atoms with van der Waals surface area (Å²) in [5.74, 6) is 0.333. The maximum atomic E-state index is 12.6. The molecule has 1 aliphatic rings. The zero-order valence-corrected chi connectivity index (χ0v) is 16.7. The van der Waals surface area contributed by atoms with E-state index < -0.39 is 10.0 Å². The lowest BCUT2D eigenvalue weighted by Crippen LogP contribution is -2.25. The molecule has 0 aromatic heterocycles. The highest BCUT2D eigenvalue weighted by atomic mass is 35.5. The lowest BCUT2D eigenvalue weighted by molar-refractivity contribution is 0.102. The van der Waals surface area contributed by atoms with Gasteiger partial charge in [-0.3, -0.25) is 9.10 Å². The van der Waals surface area contributed by atoms with Crippen molar-refractivity contribution in [3.05, 3.63) is 53.1 Å². The smallest absolute Gasteiger partial charge is 0.255 e. The van der Waals surface area contributed by atoms with Crippen LogP contribution in [-0.2, 0) is 10.0 Å². The first-order valence-electron chi connectivity index (χ1n) is 8.64. The molecule has 0 atom stereocenters. The molecule has 6 nitrogen and oxygen atoms in total. The Labute approximate surface area is 164 Å². The van der Waals surface area contributed by atoms with Crippen LogP contribution in [0.1, 0.15) is 30.6 Å². The molecular formula is C19H21ClN2O4S. The first kappa shape index (κ1) is 19.5. The van der Waals surface area contributed by atoms with E-state index in [0.717, 1.165) is 0 Å². The Morgan fingerprint density at radius 2 is 2.00 bits per heavy atom. The Hall–Kier alpha value is -2.25. The summed E-state index contributed by atoms with van der Waals surface area (Å²) in [4.78, 5) is 12.6. The Morgan fingerprint density at radius 1 is 1.22 bits per heavy atom. The SMILES string of the molecule is CC(C)Oc1ccc(NC(=O)c2cccc(N3CCCS3(=O)=O)c2)cc1Cl. The standard InChI is InChI=1S/C19H21ClN2O4S/c1-13(2)26-18-8-7-15(12-17(18)20)21-19(23)14-5-3-6-16(11-14)22-9-4-10-27(22,24)25/h3,5-8,11-13H,4,9-10H2,1-2H3,(H,21,23). The quantitative estimate of drug-likeness (QED) is 0.813. The van der Waals surface area contributed by atoms with Gasteiger partial charge in [0.25, 0.3) is 5.91 Å². The summed E-state index contributed by atoms with van der Waals surface area (Å²) in [6, 6.07) is 11.6. The van der Waals surface area contributed by atoms with Crippen LogP contribution in [0.15, 0.2) is 42.5 Å². The molecule has 1 amide bonds. The number of nitrogens with zero attached hydrogens (tertiary/aromatic N) is 1. The Bertz CT molecular complexity index is 960. The third kappa shape index (κ3) is 4.54. The van der Waals surface area contributed by atoms with Gasteiger partial charge in [0.1, 0.15) is 5.75 Å². The number of benzene rings is 2. The van der Waals surface area contributed by atoms with E-state index in [-0.39, 0.29) is 17.8 Å². The van der Waals surface area contributed by atoms with Gasteiger partial charge in [0, 0.05) is 17.8 Å². The van der Waals surface area contributed by atoms with E-state index in [1.165, 1.54) is 4.31 Å². The fourth-order valence-electron chi connectivity index (χ4n) is 2.86. The molecular weight excluding hydrogens is 388 g/mol. The summed E-state index contributed by atoms with van der Waals surface area (Å²) >= 11 is 6.20. The molecule has 1 aliphatic heterocycles. The monoisotopic (exact) mass is 408 g/mol. The Balaban J connectivity index is 1.77. The van der Waals surface area contributed by atoms with Crippen LogP contribution in [0.5, 0.6) is 5.75 Å². The van der Waals surface area contributed by atoms with E-state index >= 15 is 0 Å². The predicted octanol–water partition coefficient (Wildman–Crippen LogP) is 3.92. The van der Waals surface area contributed by atoms with Gasteiger partial charge in [0.2, 0.25) is 10.0 Å². The Morgan fingerprint density at radius 3 is 2.63 bits per heavy atom. The summed E-state index contributed by atoms with van der Waals surface area (Å²) < 4.78 is 31.1. The average molecular weight is 409 g/mol. The van der Waals surface area contributed by atoms with Crippen molar-refractivity contribution in [2.75, 3.05) is 21.9 Å². The number of amides is 1. The first-order valence-corrected chi connectivity index (χ1v) is 10.6. The number of carbonyl (C=O) groups excluding carboxylic acids is 1. The third-order valence-electron chi connectivity index (χ3n) is 4.05. The molecule has 0 radical (unpaired) electrons. The normalized spacial score (nSPS) is 15.8. The van der Waals surface area contributed by atoms with E-state index in [1.54, 1.807) is 42.5 Å². The molecule has 1 fully saturated rings. The van der Waals surface area contributed by atoms with Gasteiger partial charge in [0.05, 0.1) is 22.6 Å². The van der Waals surface area contributed by atoms with Gasteiger partial charge >= 0.3 is 0 Å². The maximum Gasteiger partial charge on any atom is 0.255 e. The van der Waals surface area contributed by atoms with Gasteiger partial charge in [-0.25, -0.2) is 8.42 Å². The molecule has 1 saturated heterocycles. The van der Waals surface area contributed by atoms with E-state index in [9.17, 15) is 13.2 Å². The molecule has 27 heavy (non-hydrogen) atoms. The number of nitrogens with one attached hydrogen (secondary N) is 1. The molecule has 0 aliphatic carbocycles. The summed E-state index contributed by atoms with van der Waals surface area (Å²) in [6.07, 6.45) is 0.578. The van der Waals surface area contributed by atoms with E-state index in [4.69, 9.17) is 16.3 Å². The largest absolute Gasteiger partial charge is 0.489 e. The number of sulfonamides is 1. The molecule has 144 valence electrons. The number of carbonyl (C=O) groups is 1. The van der Waals surface area contributed by atoms with Crippen LogP contribution in [0.3, 0.4) is 0 Å². The van der Waals surface area contributed by atoms with Crippen molar-refractivity contribution in [3.8, 4) is 5.75 Å². The highest BCUT2D eigenvalue weighted by Gasteiger charge is 2.28. The van der Waals surface area contributed by atoms with Crippen molar-refractivity contribution in [1.82, 2.24) is 0 Å². The van der Waals surface area contributed by atoms with Crippen molar-refractivity contribution < 1.29 is 17.9 Å². The molecule has 1 N–H and O–H groups in total. The van der Waals surface area contributed by atoms with Crippen molar-refractivity contribution >= 4 is 38.9 Å². The summed E-state index contributed by atoms with van der Waals surface area (Å²) in [6.45, 7) is 4.24. The second-order valence-corrected chi connectivity index (χ2v) is 8.98. The molecule has 3 rings (SSSR count). The maximum absolute atomic E-state index is 12.6. The van der Waals surface area contributed by atoms with Crippen molar-refractivity contribution in [1.29, 1.82) is 0 Å². The lowest BCUT2D eigenvalue weighted by atomic mass is 10.1. The lowest BCUT2D eigenvalue weighted by Gasteiger charge is -2.17. The van der Waals surface area contributed by atoms with Gasteiger partial charge in [-0.2, -0.15) is 0 Å². The van der Waals surface area contributed by atoms with Crippen molar-refractivity contribution in [3.63, 3.8) is 0 Å². The van der Waals surface area contributed by atoms with Crippen LogP contribution in [0.2, 0.25) is 5.02 Å². The fraction of sp³-hybridized carbons (Fsp3) is 0.316. The predicted molar refractivity (Wildman–Crippen MR) is 107 cm³/mol. The molecule has 2 aromatic carbocycles. The highest BCUT2D eigenvalue weighted by molar-refractivity contribution is 7.93. The van der Waals surface area contributed by atoms with Crippen molar-refractivity contribution in [2.45, 2.75) is 26.4 Å². The number of rotatable bonds is 5. The van der Waals surface area contributed by atoms with Crippen LogP contribution in [0.25, 0.3) is 0 Å². The minimum atomic E-state index is -3.29. The zero-order valence-electron chi connectivity index (χ0n) is 15.1. The molecule has 0 bridgehead atoms. The molecule has 0 unspecified atom stereocenters. The average Bonchev–Trinajstić information content (AvgIpc) is 2.96. The van der Waals surface area contributed by atoms with E-state index in [2.05, 4.69) is 5.32 Å². The Kier molecular flexibility index (Phi) is 5.62. The third-order valence-corrected chi connectivity index (χ3v) is 6.21. The molecule has 8 heteroatoms. The molecule has 0 spiro atoms. The summed E-state index contributed by atoms with van der Waals surface area (Å²) in [5.41, 5.74) is 1.40. The number of halogens is 1. The highest BCUT2D eigenvalue weighted by Crippen LogP contribution is 2.29.